The summed E-state index contributed by atoms with van der Waals surface area (Å²) in [6.45, 7) is -3.69. The Kier molecular flexibility index (Phi) is 11.6. The fourth-order valence-corrected chi connectivity index (χ4v) is 7.02. The summed E-state index contributed by atoms with van der Waals surface area (Å²) in [5, 5.41) is 10.1. The smallest absolute Gasteiger partial charge is 0.365 e. The van der Waals surface area contributed by atoms with Gasteiger partial charge in [0.15, 0.2) is 0 Å². The molecule has 1 saturated heterocycles. The number of nitro benzene ring substituents is 1. The molecule has 1 aliphatic rings. The topological polar surface area (TPSA) is 228 Å². The Hall–Kier alpha value is -2.19. The van der Waals surface area contributed by atoms with Crippen LogP contribution in [0.5, 0.6) is 0 Å². The summed E-state index contributed by atoms with van der Waals surface area (Å²) in [5.41, 5.74) is -4.23. The molecular weight excluding hydrogens is 677 g/mol. The van der Waals surface area contributed by atoms with E-state index in [1.807, 2.05) is 0 Å². The van der Waals surface area contributed by atoms with Crippen LogP contribution >= 0.6 is 0 Å². The van der Waals surface area contributed by atoms with E-state index in [-0.39, 0.29) is 19.2 Å². The molecule has 0 aromatic heterocycles. The molecule has 1 fully saturated rings. The van der Waals surface area contributed by atoms with Gasteiger partial charge in [-0.3, -0.25) is 27.9 Å². The highest BCUT2D eigenvalue weighted by atomic mass is 32.2. The van der Waals surface area contributed by atoms with Gasteiger partial charge in [-0.25, -0.2) is 8.42 Å². The number of sulfonamides is 1. The standard InChI is InChI=1S/C19H29F3N4O13S4/c1-14(43(35,36)37)23-4-6-25(7-5-23)42(33,34)17-13-15(26(27)28)12-16(19(20,21)22)18(17)24(8-10-38-40(2,29)30)9-11-39-41(3,31)32/h12-14H,4-11H2,1-3H3,(H,35,36,37). The first-order valence-corrected chi connectivity index (χ1v) is 18.5. The third-order valence-corrected chi connectivity index (χ3v) is 10.3. The van der Waals surface area contributed by atoms with E-state index in [0.717, 1.165) is 6.92 Å². The summed E-state index contributed by atoms with van der Waals surface area (Å²) >= 11 is 0. The number of hydrogen-bond donors (Lipinski definition) is 1. The third kappa shape index (κ3) is 10.4. The number of nitrogens with zero attached hydrogens (tertiary/aromatic N) is 4. The number of rotatable bonds is 14. The molecule has 1 atom stereocenters. The van der Waals surface area contributed by atoms with E-state index in [0.29, 0.717) is 27.8 Å². The van der Waals surface area contributed by atoms with Crippen LogP contribution in [-0.2, 0) is 54.9 Å². The van der Waals surface area contributed by atoms with Crippen LogP contribution < -0.4 is 4.90 Å². The van der Waals surface area contributed by atoms with Crippen molar-refractivity contribution in [2.24, 2.45) is 0 Å². The average molecular weight is 707 g/mol. The molecule has 1 aromatic carbocycles. The summed E-state index contributed by atoms with van der Waals surface area (Å²) in [6.07, 6.45) is -4.14. The van der Waals surface area contributed by atoms with Crippen molar-refractivity contribution >= 4 is 51.8 Å². The Bertz CT molecular complexity index is 1590. The first-order chi connectivity index (χ1) is 19.3. The van der Waals surface area contributed by atoms with Crippen LogP contribution in [0.4, 0.5) is 24.5 Å². The zero-order chi connectivity index (χ0) is 33.2. The molecule has 248 valence electrons. The van der Waals surface area contributed by atoms with Gasteiger partial charge < -0.3 is 4.90 Å². The van der Waals surface area contributed by atoms with Crippen LogP contribution in [0.1, 0.15) is 12.5 Å². The molecule has 0 saturated carbocycles. The van der Waals surface area contributed by atoms with Crippen LogP contribution in [0.3, 0.4) is 0 Å². The van der Waals surface area contributed by atoms with Crippen LogP contribution in [0.25, 0.3) is 0 Å². The Morgan fingerprint density at radius 2 is 1.42 bits per heavy atom. The van der Waals surface area contributed by atoms with Crippen LogP contribution in [0, 0.1) is 10.1 Å². The predicted molar refractivity (Wildman–Crippen MR) is 143 cm³/mol. The van der Waals surface area contributed by atoms with Gasteiger partial charge in [-0.15, -0.1) is 0 Å². The maximum absolute atomic E-state index is 14.3. The molecule has 1 heterocycles. The van der Waals surface area contributed by atoms with Crippen LogP contribution in [-0.4, -0.2) is 123 Å². The normalized spacial score (nSPS) is 17.1. The predicted octanol–water partition coefficient (Wildman–Crippen LogP) is -0.0875. The summed E-state index contributed by atoms with van der Waals surface area (Å²) < 4.78 is 158. The van der Waals surface area contributed by atoms with Gasteiger partial charge in [-0.1, -0.05) is 0 Å². The lowest BCUT2D eigenvalue weighted by Crippen LogP contribution is -2.53. The van der Waals surface area contributed by atoms with Gasteiger partial charge in [0.1, 0.15) is 10.3 Å². The molecule has 0 aliphatic carbocycles. The molecule has 0 amide bonds. The minimum atomic E-state index is -5.41. The molecular formula is C19H29F3N4O13S4. The quantitative estimate of drug-likeness (QED) is 0.115. The highest BCUT2D eigenvalue weighted by molar-refractivity contribution is 7.89. The Balaban J connectivity index is 2.73. The lowest BCUT2D eigenvalue weighted by molar-refractivity contribution is -0.385. The van der Waals surface area contributed by atoms with Crippen molar-refractivity contribution in [1.29, 1.82) is 0 Å². The van der Waals surface area contributed by atoms with Crippen molar-refractivity contribution in [1.82, 2.24) is 9.21 Å². The average Bonchev–Trinajstić information content (AvgIpc) is 2.84. The molecule has 24 heteroatoms. The molecule has 17 nitrogen and oxygen atoms in total. The van der Waals surface area contributed by atoms with Gasteiger partial charge in [0, 0.05) is 51.4 Å². The molecule has 2 rings (SSSR count). The van der Waals surface area contributed by atoms with Gasteiger partial charge >= 0.3 is 6.18 Å². The summed E-state index contributed by atoms with van der Waals surface area (Å²) in [7, 11) is -17.9. The lowest BCUT2D eigenvalue weighted by Gasteiger charge is -2.37. The van der Waals surface area contributed by atoms with Gasteiger partial charge in [-0.05, 0) is 6.92 Å². The summed E-state index contributed by atoms with van der Waals surface area (Å²) in [6, 6.07) is 0.441. The minimum absolute atomic E-state index is 0.0714. The van der Waals surface area contributed by atoms with Crippen molar-refractivity contribution < 1.29 is 64.7 Å². The number of alkyl halides is 3. The van der Waals surface area contributed by atoms with E-state index in [2.05, 4.69) is 8.37 Å². The summed E-state index contributed by atoms with van der Waals surface area (Å²) in [5.74, 6) is 0. The number of non-ortho nitro benzene ring substituents is 1. The Labute approximate surface area is 246 Å². The van der Waals surface area contributed by atoms with E-state index in [9.17, 15) is 61.5 Å². The van der Waals surface area contributed by atoms with Crippen molar-refractivity contribution in [3.05, 3.63) is 27.8 Å². The zero-order valence-electron chi connectivity index (χ0n) is 22.8. The highest BCUT2D eigenvalue weighted by Crippen LogP contribution is 2.44. The Morgan fingerprint density at radius 3 is 1.79 bits per heavy atom. The molecule has 1 unspecified atom stereocenters. The maximum Gasteiger partial charge on any atom is 0.418 e. The summed E-state index contributed by atoms with van der Waals surface area (Å²) in [4.78, 5) is 10.9. The monoisotopic (exact) mass is 706 g/mol. The highest BCUT2D eigenvalue weighted by Gasteiger charge is 2.43. The Morgan fingerprint density at radius 1 is 0.953 bits per heavy atom. The number of benzene rings is 1. The van der Waals surface area contributed by atoms with Gasteiger partial charge in [0.25, 0.3) is 36.0 Å². The second-order valence-corrected chi connectivity index (χ2v) is 16.1. The van der Waals surface area contributed by atoms with Crippen LogP contribution in [0.15, 0.2) is 17.0 Å². The van der Waals surface area contributed by atoms with E-state index in [1.165, 1.54) is 4.90 Å². The zero-order valence-corrected chi connectivity index (χ0v) is 26.1. The second-order valence-electron chi connectivity index (χ2n) is 9.19. The van der Waals surface area contributed by atoms with E-state index in [4.69, 9.17) is 0 Å². The molecule has 1 aliphatic heterocycles. The van der Waals surface area contributed by atoms with Crippen molar-refractivity contribution in [3.8, 4) is 0 Å². The van der Waals surface area contributed by atoms with E-state index >= 15 is 0 Å². The van der Waals surface area contributed by atoms with E-state index < -0.39 is 118 Å². The SMILES string of the molecule is CC(N1CCN(S(=O)(=O)c2cc([N+](=O)[O-])cc(C(F)(F)F)c2N(CCOS(C)(=O)=O)CCOS(C)(=O)=O)CC1)S(=O)(=O)O. The molecule has 43 heavy (non-hydrogen) atoms. The first-order valence-electron chi connectivity index (χ1n) is 11.9. The molecule has 0 bridgehead atoms. The van der Waals surface area contributed by atoms with Crippen LogP contribution in [0.2, 0.25) is 0 Å². The number of piperazine rings is 1. The number of halogens is 3. The van der Waals surface area contributed by atoms with Crippen molar-refractivity contribution in [2.45, 2.75) is 23.4 Å². The number of nitro groups is 1. The molecule has 1 N–H and O–H groups in total. The first kappa shape index (κ1) is 37.0. The third-order valence-electron chi connectivity index (χ3n) is 6.05. The minimum Gasteiger partial charge on any atom is -0.365 e. The molecule has 1 aromatic rings. The van der Waals surface area contributed by atoms with Gasteiger partial charge in [0.05, 0.1) is 41.9 Å². The van der Waals surface area contributed by atoms with Crippen molar-refractivity contribution in [3.63, 3.8) is 0 Å². The molecule has 0 spiro atoms. The van der Waals surface area contributed by atoms with Crippen molar-refractivity contribution in [2.75, 3.05) is 69.9 Å². The molecule has 0 radical (unpaired) electrons. The van der Waals surface area contributed by atoms with Gasteiger partial charge in [-0.2, -0.15) is 42.7 Å². The fraction of sp³-hybridized carbons (Fsp3) is 0.684. The second kappa shape index (κ2) is 13.4. The number of hydrogen-bond acceptors (Lipinski definition) is 14. The van der Waals surface area contributed by atoms with Gasteiger partial charge in [0.2, 0.25) is 10.0 Å². The lowest BCUT2D eigenvalue weighted by atomic mass is 10.1. The maximum atomic E-state index is 14.3. The number of anilines is 1. The fourth-order valence-electron chi connectivity index (χ4n) is 4.01. The largest absolute Gasteiger partial charge is 0.418 e. The van der Waals surface area contributed by atoms with E-state index in [1.54, 1.807) is 0 Å².